The highest BCUT2D eigenvalue weighted by Crippen LogP contribution is 2.19. The lowest BCUT2D eigenvalue weighted by atomic mass is 10.4. The summed E-state index contributed by atoms with van der Waals surface area (Å²) in [6.45, 7) is 11.5. The lowest BCUT2D eigenvalue weighted by Crippen LogP contribution is -2.56. The second-order valence-corrected chi connectivity index (χ2v) is 9.23. The molecule has 2 N–H and O–H groups in total. The van der Waals surface area contributed by atoms with Crippen molar-refractivity contribution in [1.82, 2.24) is 0 Å². The number of carboxylic acid groups (broad SMARTS) is 1. The first-order valence-corrected chi connectivity index (χ1v) is 11.3. The maximum absolute atomic E-state index is 11.4. The van der Waals surface area contributed by atoms with Gasteiger partial charge in [0.05, 0.1) is 13.0 Å². The van der Waals surface area contributed by atoms with Gasteiger partial charge in [-0.1, -0.05) is 20.1 Å². The molecule has 0 bridgehead atoms. The normalized spacial score (nSPS) is 11.5. The van der Waals surface area contributed by atoms with Crippen molar-refractivity contribution in [3.8, 4) is 0 Å². The van der Waals surface area contributed by atoms with Crippen LogP contribution in [-0.4, -0.2) is 103 Å². The fraction of sp³-hybridized carbons (Fsp3) is 0.700. The Hall–Kier alpha value is -1.43. The molecule has 0 aliphatic carbocycles. The van der Waals surface area contributed by atoms with Gasteiger partial charge in [-0.2, -0.15) is 0 Å². The molecule has 0 aromatic rings. The van der Waals surface area contributed by atoms with Gasteiger partial charge in [-0.15, -0.1) is 0 Å². The first kappa shape index (κ1) is 38.8. The van der Waals surface area contributed by atoms with Gasteiger partial charge in [0.15, 0.2) is 5.73 Å². The number of aliphatic carboxylic acids is 1. The SMILES string of the molecule is C=C(C)C(=O)O.C=C(C)C(=O)OC(CC)[Si](OC)(OC)OC.COC(CCO)(OC)OC.[SiH4]. The van der Waals surface area contributed by atoms with E-state index in [4.69, 9.17) is 42.4 Å². The standard InChI is InChI=1S/C10H20O5Si.C6H14O4.C4H6O2.H4Si/c1-7-9(15-10(11)8(2)3)16(12-4,13-5)14-6;1-8-6(9-2,10-3)4-5-7;1-3(2)4(5)6;/h9H,2,7H2,1,3-6H3;7H,4-5H2,1-3H3;1H2,2H3,(H,5,6);1H4. The van der Waals surface area contributed by atoms with Crippen molar-refractivity contribution in [3.05, 3.63) is 24.3 Å². The number of aliphatic hydroxyl groups excluding tert-OH is 1. The highest BCUT2D eigenvalue weighted by atomic mass is 28.4. The molecule has 0 rings (SSSR count). The summed E-state index contributed by atoms with van der Waals surface area (Å²) in [5, 5.41) is 16.4. The Morgan fingerprint density at radius 1 is 0.909 bits per heavy atom. The van der Waals surface area contributed by atoms with E-state index < -0.39 is 32.4 Å². The van der Waals surface area contributed by atoms with Gasteiger partial charge in [0, 0.05) is 53.8 Å². The van der Waals surface area contributed by atoms with Crippen LogP contribution in [0.1, 0.15) is 33.6 Å². The smallest absolute Gasteiger partial charge is 0.478 e. The molecule has 0 aliphatic heterocycles. The average Bonchev–Trinajstić information content (AvgIpc) is 2.78. The number of carbonyl (C=O) groups excluding carboxylic acids is 1. The van der Waals surface area contributed by atoms with Crippen molar-refractivity contribution in [3.63, 3.8) is 0 Å². The number of carbonyl (C=O) groups is 2. The number of hydrogen-bond acceptors (Lipinski definition) is 10. The van der Waals surface area contributed by atoms with Gasteiger partial charge in [0.25, 0.3) is 5.97 Å². The molecule has 0 aliphatic rings. The third-order valence-corrected chi connectivity index (χ3v) is 6.95. The molecule has 0 fully saturated rings. The molecule has 0 heterocycles. The molecule has 198 valence electrons. The number of rotatable bonds is 13. The van der Waals surface area contributed by atoms with E-state index in [1.54, 1.807) is 6.92 Å². The number of ether oxygens (including phenoxy) is 4. The van der Waals surface area contributed by atoms with Crippen LogP contribution in [0.3, 0.4) is 0 Å². The third-order valence-electron chi connectivity index (χ3n) is 3.93. The first-order chi connectivity index (χ1) is 14.9. The Labute approximate surface area is 203 Å². The predicted octanol–water partition coefficient (Wildman–Crippen LogP) is 0.459. The van der Waals surface area contributed by atoms with Crippen LogP contribution in [0.4, 0.5) is 0 Å². The molecule has 13 heteroatoms. The zero-order chi connectivity index (χ0) is 26.0. The van der Waals surface area contributed by atoms with E-state index in [9.17, 15) is 9.59 Å². The van der Waals surface area contributed by atoms with Crippen molar-refractivity contribution in [2.75, 3.05) is 49.3 Å². The number of hydrogen-bond donors (Lipinski definition) is 2. The van der Waals surface area contributed by atoms with E-state index in [2.05, 4.69) is 13.2 Å². The molecular weight excluding hydrogens is 472 g/mol. The van der Waals surface area contributed by atoms with Crippen LogP contribution in [0.15, 0.2) is 24.3 Å². The molecule has 0 aromatic carbocycles. The Morgan fingerprint density at radius 3 is 1.42 bits per heavy atom. The molecule has 0 saturated carbocycles. The van der Waals surface area contributed by atoms with E-state index in [1.807, 2.05) is 6.92 Å². The summed E-state index contributed by atoms with van der Waals surface area (Å²) in [7, 11) is 5.89. The molecule has 0 aromatic heterocycles. The van der Waals surface area contributed by atoms with Crippen LogP contribution in [0.5, 0.6) is 0 Å². The minimum atomic E-state index is -2.94. The van der Waals surface area contributed by atoms with Crippen molar-refractivity contribution in [2.24, 2.45) is 0 Å². The summed E-state index contributed by atoms with van der Waals surface area (Å²) in [5.74, 6) is -2.47. The molecule has 1 atom stereocenters. The summed E-state index contributed by atoms with van der Waals surface area (Å²) in [6.07, 6.45) is 0.858. The minimum Gasteiger partial charge on any atom is -0.478 e. The van der Waals surface area contributed by atoms with E-state index in [0.29, 0.717) is 18.4 Å². The average molecular weight is 517 g/mol. The van der Waals surface area contributed by atoms with Crippen LogP contribution < -0.4 is 0 Å². The largest absolute Gasteiger partial charge is 0.543 e. The second-order valence-electron chi connectivity index (χ2n) is 6.15. The number of aliphatic hydroxyl groups is 1. The van der Waals surface area contributed by atoms with Crippen molar-refractivity contribution in [2.45, 2.75) is 45.3 Å². The Kier molecular flexibility index (Phi) is 24.9. The van der Waals surface area contributed by atoms with Gasteiger partial charge < -0.3 is 42.4 Å². The van der Waals surface area contributed by atoms with Crippen molar-refractivity contribution >= 4 is 31.7 Å². The van der Waals surface area contributed by atoms with E-state index >= 15 is 0 Å². The lowest BCUT2D eigenvalue weighted by Gasteiger charge is -2.31. The molecule has 0 saturated heterocycles. The fourth-order valence-corrected chi connectivity index (χ4v) is 4.01. The maximum Gasteiger partial charge on any atom is 0.543 e. The van der Waals surface area contributed by atoms with Gasteiger partial charge in [0.1, 0.15) is 0 Å². The fourth-order valence-electron chi connectivity index (χ4n) is 1.97. The Balaban J connectivity index is -0.000000212. The van der Waals surface area contributed by atoms with E-state index in [1.165, 1.54) is 49.6 Å². The topological polar surface area (TPSA) is 139 Å². The zero-order valence-corrected chi connectivity index (χ0v) is 21.7. The maximum atomic E-state index is 11.4. The van der Waals surface area contributed by atoms with Crippen LogP contribution in [0.25, 0.3) is 0 Å². The molecule has 0 spiro atoms. The number of carboxylic acids is 1. The Morgan fingerprint density at radius 2 is 1.27 bits per heavy atom. The number of esters is 1. The highest BCUT2D eigenvalue weighted by molar-refractivity contribution is 6.62. The summed E-state index contributed by atoms with van der Waals surface area (Å²) in [5.41, 5.74) is -0.00337. The van der Waals surface area contributed by atoms with Gasteiger partial charge >= 0.3 is 20.7 Å². The van der Waals surface area contributed by atoms with Crippen LogP contribution in [0.2, 0.25) is 0 Å². The van der Waals surface area contributed by atoms with E-state index in [-0.39, 0.29) is 23.1 Å². The summed E-state index contributed by atoms with van der Waals surface area (Å²) in [6, 6.07) is 0. The Bertz CT molecular complexity index is 534. The molecule has 0 radical (unpaired) electrons. The first-order valence-electron chi connectivity index (χ1n) is 9.53. The molecular formula is C20H44O11Si2. The molecule has 1 unspecified atom stereocenters. The van der Waals surface area contributed by atoms with Crippen LogP contribution in [-0.2, 0) is 41.8 Å². The quantitative estimate of drug-likeness (QED) is 0.153. The van der Waals surface area contributed by atoms with Crippen LogP contribution in [0, 0.1) is 0 Å². The molecule has 11 nitrogen and oxygen atoms in total. The minimum absolute atomic E-state index is 0. The van der Waals surface area contributed by atoms with Gasteiger partial charge in [0.2, 0.25) is 0 Å². The van der Waals surface area contributed by atoms with Gasteiger partial charge in [-0.05, 0) is 31.2 Å². The number of methoxy groups -OCH3 is 3. The second kappa shape index (κ2) is 21.1. The van der Waals surface area contributed by atoms with Gasteiger partial charge in [-0.25, -0.2) is 9.59 Å². The summed E-state index contributed by atoms with van der Waals surface area (Å²) in [4.78, 5) is 21.0. The summed E-state index contributed by atoms with van der Waals surface area (Å²) >= 11 is 0. The molecule has 33 heavy (non-hydrogen) atoms. The monoisotopic (exact) mass is 516 g/mol. The van der Waals surface area contributed by atoms with E-state index in [0.717, 1.165) is 0 Å². The van der Waals surface area contributed by atoms with Gasteiger partial charge in [-0.3, -0.25) is 0 Å². The lowest BCUT2D eigenvalue weighted by molar-refractivity contribution is -0.356. The zero-order valence-electron chi connectivity index (χ0n) is 20.7. The van der Waals surface area contributed by atoms with Crippen molar-refractivity contribution in [1.29, 1.82) is 0 Å². The predicted molar refractivity (Wildman–Crippen MR) is 131 cm³/mol. The van der Waals surface area contributed by atoms with Crippen molar-refractivity contribution < 1.29 is 52.0 Å². The molecule has 0 amide bonds. The summed E-state index contributed by atoms with van der Waals surface area (Å²) < 4.78 is 35.6. The highest BCUT2D eigenvalue weighted by Gasteiger charge is 2.49. The third kappa shape index (κ3) is 15.2. The van der Waals surface area contributed by atoms with Crippen LogP contribution >= 0.6 is 0 Å².